The molecule has 1 atom stereocenters. The molecular weight excluding hydrogens is 410 g/mol. The van der Waals surface area contributed by atoms with Gasteiger partial charge in [-0.1, -0.05) is 77.9 Å². The average Bonchev–Trinajstić information content (AvgIpc) is 2.74. The molecule has 5 nitrogen and oxygen atoms in total. The first-order chi connectivity index (χ1) is 15.7. The van der Waals surface area contributed by atoms with Gasteiger partial charge < -0.3 is 5.11 Å². The molecule has 0 radical (unpaired) electrons. The summed E-state index contributed by atoms with van der Waals surface area (Å²) in [5.41, 5.74) is 7.04. The quantitative estimate of drug-likeness (QED) is 0.545. The van der Waals surface area contributed by atoms with E-state index in [1.807, 2.05) is 101 Å². The third-order valence-electron chi connectivity index (χ3n) is 5.93. The van der Waals surface area contributed by atoms with Gasteiger partial charge in [0, 0.05) is 11.1 Å². The fraction of sp³-hybridized carbons (Fsp3) is 0.214. The van der Waals surface area contributed by atoms with E-state index in [1.54, 1.807) is 4.90 Å². The minimum Gasteiger partial charge on any atom is -0.350 e. The number of hydrogen-bond acceptors (Lipinski definition) is 3. The summed E-state index contributed by atoms with van der Waals surface area (Å²) in [6.45, 7) is 9.90. The normalized spacial score (nSPS) is 18.4. The van der Waals surface area contributed by atoms with Crippen molar-refractivity contribution in [1.29, 1.82) is 0 Å². The van der Waals surface area contributed by atoms with Crippen LogP contribution in [0.2, 0.25) is 0 Å². The number of para-hydroxylation sites is 1. The number of carbonyl (C=O) groups is 1. The van der Waals surface area contributed by atoms with Gasteiger partial charge in [0.05, 0.1) is 5.69 Å². The van der Waals surface area contributed by atoms with Crippen LogP contribution in [0, 0.1) is 27.7 Å². The van der Waals surface area contributed by atoms with Crippen LogP contribution >= 0.6 is 0 Å². The summed E-state index contributed by atoms with van der Waals surface area (Å²) in [6.07, 6.45) is 3.93. The molecule has 0 fully saturated rings. The fourth-order valence-electron chi connectivity index (χ4n) is 4.47. The van der Waals surface area contributed by atoms with Crippen LogP contribution in [0.5, 0.6) is 0 Å². The number of anilines is 1. The summed E-state index contributed by atoms with van der Waals surface area (Å²) in [5.74, 6) is -1.43. The highest BCUT2D eigenvalue weighted by atomic mass is 16.3. The number of amides is 2. The highest BCUT2D eigenvalue weighted by Gasteiger charge is 2.46. The molecule has 2 amide bonds. The highest BCUT2D eigenvalue weighted by Crippen LogP contribution is 2.38. The van der Waals surface area contributed by atoms with Crippen molar-refractivity contribution in [1.82, 2.24) is 5.32 Å². The van der Waals surface area contributed by atoms with E-state index in [0.717, 1.165) is 39.1 Å². The summed E-state index contributed by atoms with van der Waals surface area (Å²) >= 11 is 0. The molecule has 3 aromatic carbocycles. The van der Waals surface area contributed by atoms with E-state index >= 15 is 0 Å². The Morgan fingerprint density at radius 2 is 1.61 bits per heavy atom. The lowest BCUT2D eigenvalue weighted by molar-refractivity contribution is 0.0197. The summed E-state index contributed by atoms with van der Waals surface area (Å²) in [6, 6.07) is 19.0. The Morgan fingerprint density at radius 3 is 2.27 bits per heavy atom. The molecule has 5 heteroatoms. The Hall–Kier alpha value is -3.70. The van der Waals surface area contributed by atoms with Gasteiger partial charge in [-0.25, -0.2) is 4.79 Å². The molecule has 1 aliphatic heterocycles. The van der Waals surface area contributed by atoms with Gasteiger partial charge in [0.15, 0.2) is 0 Å². The maximum atomic E-state index is 12.9. The third kappa shape index (κ3) is 4.08. The standard InChI is InChI=1S/C28H29N3O2/c1-6-9-22-10-7-8-11-25(22)31-26(23-14-12-18(2)16-20(23)4)29-27(32)30-28(31,33)24-15-13-19(3)17-21(24)5/h6-17,33H,1-5H3,(H,30,32)/b9-6-. The van der Waals surface area contributed by atoms with Crippen LogP contribution in [-0.4, -0.2) is 17.0 Å². The number of hydrogen-bond donors (Lipinski definition) is 2. The van der Waals surface area contributed by atoms with Gasteiger partial charge in [-0.05, 0) is 57.4 Å². The SMILES string of the molecule is C/C=C\c1ccccc1N1C(c2ccc(C)cc2C)=NC(=O)NC1(O)c1ccc(C)cc1C. The number of aryl methyl sites for hydroxylation is 4. The van der Waals surface area contributed by atoms with Gasteiger partial charge in [0.1, 0.15) is 5.84 Å². The van der Waals surface area contributed by atoms with Gasteiger partial charge in [-0.15, -0.1) is 0 Å². The van der Waals surface area contributed by atoms with E-state index in [1.165, 1.54) is 0 Å². The number of nitrogens with one attached hydrogen (secondary N) is 1. The second kappa shape index (κ2) is 8.68. The summed E-state index contributed by atoms with van der Waals surface area (Å²) in [7, 11) is 0. The molecule has 0 bridgehead atoms. The van der Waals surface area contributed by atoms with Gasteiger partial charge >= 0.3 is 6.03 Å². The van der Waals surface area contributed by atoms with Crippen LogP contribution in [0.3, 0.4) is 0 Å². The van der Waals surface area contributed by atoms with E-state index in [2.05, 4.69) is 16.4 Å². The van der Waals surface area contributed by atoms with Crippen LogP contribution in [0.15, 0.2) is 71.7 Å². The number of benzene rings is 3. The maximum absolute atomic E-state index is 12.9. The zero-order valence-electron chi connectivity index (χ0n) is 19.7. The van der Waals surface area contributed by atoms with E-state index in [-0.39, 0.29) is 0 Å². The van der Waals surface area contributed by atoms with Crippen molar-refractivity contribution >= 4 is 23.6 Å². The number of allylic oxidation sites excluding steroid dienone is 1. The lowest BCUT2D eigenvalue weighted by Crippen LogP contribution is -2.64. The Labute approximate surface area is 195 Å². The van der Waals surface area contributed by atoms with Crippen LogP contribution in [0.1, 0.15) is 45.9 Å². The fourth-order valence-corrected chi connectivity index (χ4v) is 4.47. The molecule has 0 aliphatic carbocycles. The molecule has 0 saturated heterocycles. The topological polar surface area (TPSA) is 64.9 Å². The van der Waals surface area contributed by atoms with Crippen LogP contribution in [0.25, 0.3) is 6.08 Å². The Kier molecular flexibility index (Phi) is 5.91. The van der Waals surface area contributed by atoms with E-state index in [9.17, 15) is 9.90 Å². The minimum atomic E-state index is -1.83. The molecule has 1 aliphatic rings. The molecular formula is C28H29N3O2. The van der Waals surface area contributed by atoms with E-state index in [0.29, 0.717) is 11.4 Å². The van der Waals surface area contributed by atoms with Crippen molar-refractivity contribution in [3.05, 3.63) is 106 Å². The zero-order chi connectivity index (χ0) is 23.8. The van der Waals surface area contributed by atoms with Gasteiger partial charge in [0.25, 0.3) is 5.85 Å². The van der Waals surface area contributed by atoms with Crippen molar-refractivity contribution < 1.29 is 9.90 Å². The molecule has 0 saturated carbocycles. The predicted octanol–water partition coefficient (Wildman–Crippen LogP) is 5.73. The Morgan fingerprint density at radius 1 is 0.939 bits per heavy atom. The number of aliphatic hydroxyl groups is 1. The number of urea groups is 1. The summed E-state index contributed by atoms with van der Waals surface area (Å²) < 4.78 is 0. The molecule has 0 aromatic heterocycles. The second-order valence-corrected chi connectivity index (χ2v) is 8.57. The molecule has 33 heavy (non-hydrogen) atoms. The number of amidine groups is 1. The van der Waals surface area contributed by atoms with Crippen molar-refractivity contribution in [2.75, 3.05) is 4.90 Å². The lowest BCUT2D eigenvalue weighted by Gasteiger charge is -2.45. The number of rotatable bonds is 4. The Bertz CT molecular complexity index is 1290. The monoisotopic (exact) mass is 439 g/mol. The van der Waals surface area contributed by atoms with Crippen molar-refractivity contribution in [2.24, 2.45) is 4.99 Å². The smallest absolute Gasteiger partial charge is 0.346 e. The maximum Gasteiger partial charge on any atom is 0.346 e. The largest absolute Gasteiger partial charge is 0.350 e. The van der Waals surface area contributed by atoms with Crippen molar-refractivity contribution in [3.8, 4) is 0 Å². The van der Waals surface area contributed by atoms with Crippen molar-refractivity contribution in [3.63, 3.8) is 0 Å². The first kappa shape index (κ1) is 22.5. The van der Waals surface area contributed by atoms with Crippen LogP contribution in [-0.2, 0) is 5.85 Å². The van der Waals surface area contributed by atoms with Crippen LogP contribution < -0.4 is 10.2 Å². The van der Waals surface area contributed by atoms with Gasteiger partial charge in [0.2, 0.25) is 0 Å². The lowest BCUT2D eigenvalue weighted by atomic mass is 9.96. The molecule has 1 unspecified atom stereocenters. The Balaban J connectivity index is 2.05. The number of carbonyl (C=O) groups excluding carboxylic acids is 1. The average molecular weight is 440 g/mol. The second-order valence-electron chi connectivity index (χ2n) is 8.57. The summed E-state index contributed by atoms with van der Waals surface area (Å²) in [4.78, 5) is 19.0. The first-order valence-electron chi connectivity index (χ1n) is 11.0. The van der Waals surface area contributed by atoms with E-state index in [4.69, 9.17) is 0 Å². The van der Waals surface area contributed by atoms with Gasteiger partial charge in [-0.3, -0.25) is 10.2 Å². The first-order valence-corrected chi connectivity index (χ1v) is 11.0. The number of nitrogens with zero attached hydrogens (tertiary/aromatic N) is 2. The molecule has 3 aromatic rings. The molecule has 1 heterocycles. The molecule has 168 valence electrons. The zero-order valence-corrected chi connectivity index (χ0v) is 19.7. The summed E-state index contributed by atoms with van der Waals surface area (Å²) in [5, 5.41) is 15.0. The van der Waals surface area contributed by atoms with E-state index < -0.39 is 11.9 Å². The van der Waals surface area contributed by atoms with Gasteiger partial charge in [-0.2, -0.15) is 4.99 Å². The highest BCUT2D eigenvalue weighted by molar-refractivity contribution is 6.17. The molecule has 2 N–H and O–H groups in total. The minimum absolute atomic E-state index is 0.399. The molecule has 0 spiro atoms. The molecule has 4 rings (SSSR count). The number of aliphatic imine (C=N–C) groups is 1. The van der Waals surface area contributed by atoms with Crippen LogP contribution in [0.4, 0.5) is 10.5 Å². The third-order valence-corrected chi connectivity index (χ3v) is 5.93. The van der Waals surface area contributed by atoms with Crippen molar-refractivity contribution in [2.45, 2.75) is 40.5 Å². The predicted molar refractivity (Wildman–Crippen MR) is 134 cm³/mol.